The summed E-state index contributed by atoms with van der Waals surface area (Å²) in [5, 5.41) is 21.3. The normalized spacial score (nSPS) is 16.5. The lowest BCUT2D eigenvalue weighted by molar-refractivity contribution is -0.140. The Morgan fingerprint density at radius 2 is 1.62 bits per heavy atom. The third-order valence-corrected chi connectivity index (χ3v) is 6.68. The van der Waals surface area contributed by atoms with E-state index < -0.39 is 23.7 Å². The van der Waals surface area contributed by atoms with Crippen molar-refractivity contribution in [1.82, 2.24) is 4.90 Å². The molecule has 2 N–H and O–H groups in total. The van der Waals surface area contributed by atoms with Gasteiger partial charge in [0.05, 0.1) is 30.9 Å². The number of ketones is 1. The van der Waals surface area contributed by atoms with Crippen LogP contribution in [-0.4, -0.2) is 46.5 Å². The second kappa shape index (κ2) is 11.4. The first-order valence-electron chi connectivity index (χ1n) is 12.7. The molecule has 1 fully saturated rings. The summed E-state index contributed by atoms with van der Waals surface area (Å²) in [5.41, 5.74) is 2.80. The van der Waals surface area contributed by atoms with Crippen LogP contribution in [0.5, 0.6) is 11.5 Å². The summed E-state index contributed by atoms with van der Waals surface area (Å²) >= 11 is 0. The number of hydrogen-bond acceptors (Lipinski definition) is 7. The summed E-state index contributed by atoms with van der Waals surface area (Å²) < 4.78 is 10.5. The number of phenolic OH excluding ortho intramolecular Hbond substituents is 1. The molecule has 0 radical (unpaired) electrons. The first-order valence-corrected chi connectivity index (χ1v) is 12.7. The molecule has 0 aromatic heterocycles. The molecule has 3 aromatic carbocycles. The van der Waals surface area contributed by atoms with Crippen LogP contribution in [0.2, 0.25) is 0 Å². The number of benzene rings is 3. The minimum absolute atomic E-state index is 0.0298. The number of Topliss-reactive ketones (excluding diaryl/α,β-unsaturated/α-hetero) is 1. The number of rotatable bonds is 8. The van der Waals surface area contributed by atoms with Crippen molar-refractivity contribution in [2.75, 3.05) is 13.7 Å². The molecule has 0 spiro atoms. The topological polar surface area (TPSA) is 113 Å². The van der Waals surface area contributed by atoms with Gasteiger partial charge in [-0.2, -0.15) is 0 Å². The number of nitrogens with zero attached hydrogens (tertiary/aromatic N) is 1. The predicted octanol–water partition coefficient (Wildman–Crippen LogP) is 5.32. The number of esters is 1. The summed E-state index contributed by atoms with van der Waals surface area (Å²) in [6.07, 6.45) is 0. The maximum Gasteiger partial charge on any atom is 0.337 e. The lowest BCUT2D eigenvalue weighted by Gasteiger charge is -2.25. The van der Waals surface area contributed by atoms with Gasteiger partial charge in [0, 0.05) is 12.1 Å². The van der Waals surface area contributed by atoms with Crippen molar-refractivity contribution in [3.05, 3.63) is 100 Å². The molecule has 8 heteroatoms. The molecular formula is C31H31NO7. The molecule has 1 saturated heterocycles. The summed E-state index contributed by atoms with van der Waals surface area (Å²) in [6.45, 7) is 6.43. The highest BCUT2D eigenvalue weighted by atomic mass is 16.5. The lowest BCUT2D eigenvalue weighted by Crippen LogP contribution is -2.29. The zero-order valence-electron chi connectivity index (χ0n) is 22.3. The van der Waals surface area contributed by atoms with Gasteiger partial charge < -0.3 is 24.6 Å². The summed E-state index contributed by atoms with van der Waals surface area (Å²) in [4.78, 5) is 39.9. The zero-order chi connectivity index (χ0) is 28.3. The van der Waals surface area contributed by atoms with Gasteiger partial charge in [0.2, 0.25) is 0 Å². The van der Waals surface area contributed by atoms with Gasteiger partial charge in [0.25, 0.3) is 11.7 Å². The molecule has 1 heterocycles. The number of ether oxygens (including phenoxy) is 2. The molecule has 1 aliphatic heterocycles. The van der Waals surface area contributed by atoms with Crippen LogP contribution in [0.25, 0.3) is 5.76 Å². The molecule has 0 bridgehead atoms. The van der Waals surface area contributed by atoms with Crippen molar-refractivity contribution in [1.29, 1.82) is 0 Å². The number of carbonyl (C=O) groups is 3. The maximum atomic E-state index is 13.4. The number of aromatic hydroxyl groups is 1. The second-order valence-corrected chi connectivity index (χ2v) is 9.55. The molecule has 1 aliphatic rings. The van der Waals surface area contributed by atoms with Crippen LogP contribution >= 0.6 is 0 Å². The fourth-order valence-corrected chi connectivity index (χ4v) is 4.70. The van der Waals surface area contributed by atoms with E-state index in [0.29, 0.717) is 34.6 Å². The van der Waals surface area contributed by atoms with E-state index in [4.69, 9.17) is 9.47 Å². The number of hydrogen-bond donors (Lipinski definition) is 2. The van der Waals surface area contributed by atoms with Gasteiger partial charge in [-0.25, -0.2) is 4.79 Å². The van der Waals surface area contributed by atoms with Crippen molar-refractivity contribution >= 4 is 23.4 Å². The van der Waals surface area contributed by atoms with E-state index in [1.165, 1.54) is 24.1 Å². The molecule has 1 amide bonds. The third kappa shape index (κ3) is 5.50. The van der Waals surface area contributed by atoms with Gasteiger partial charge in [-0.15, -0.1) is 0 Å². The number of phenols is 1. The highest BCUT2D eigenvalue weighted by Gasteiger charge is 2.46. The fourth-order valence-electron chi connectivity index (χ4n) is 4.70. The van der Waals surface area contributed by atoms with Crippen LogP contribution in [0.3, 0.4) is 0 Å². The molecular weight excluding hydrogens is 498 g/mol. The second-order valence-electron chi connectivity index (χ2n) is 9.55. The van der Waals surface area contributed by atoms with Crippen LogP contribution < -0.4 is 4.74 Å². The number of carbonyl (C=O) groups excluding carboxylic acids is 3. The Labute approximate surface area is 227 Å². The van der Waals surface area contributed by atoms with Crippen LogP contribution in [-0.2, 0) is 20.9 Å². The molecule has 39 heavy (non-hydrogen) atoms. The molecule has 0 aliphatic carbocycles. The Balaban J connectivity index is 1.81. The van der Waals surface area contributed by atoms with Gasteiger partial charge in [-0.1, -0.05) is 38.1 Å². The van der Waals surface area contributed by atoms with Gasteiger partial charge >= 0.3 is 5.97 Å². The lowest BCUT2D eigenvalue weighted by atomic mass is 9.93. The monoisotopic (exact) mass is 529 g/mol. The standard InChI is InChI=1S/C31H31NO7/c1-5-39-25-15-12-22(16-24(25)18(2)3)28(34)26-27(20-10-13-23(33)14-11-20)32(30(36)29(26)35)17-19-6-8-21(9-7-19)31(37)38-4/h6-16,18,27,33-34H,5,17H2,1-4H3/b28-26-. The van der Waals surface area contributed by atoms with E-state index in [1.807, 2.05) is 20.8 Å². The van der Waals surface area contributed by atoms with Crippen LogP contribution in [0.4, 0.5) is 0 Å². The number of aliphatic hydroxyl groups excluding tert-OH is 1. The Morgan fingerprint density at radius 1 is 0.974 bits per heavy atom. The smallest absolute Gasteiger partial charge is 0.337 e. The first-order chi connectivity index (χ1) is 18.7. The third-order valence-electron chi connectivity index (χ3n) is 6.68. The average molecular weight is 530 g/mol. The number of amides is 1. The molecule has 8 nitrogen and oxygen atoms in total. The highest BCUT2D eigenvalue weighted by Crippen LogP contribution is 2.41. The zero-order valence-corrected chi connectivity index (χ0v) is 22.3. The number of aliphatic hydroxyl groups is 1. The van der Waals surface area contributed by atoms with E-state index in [2.05, 4.69) is 0 Å². The van der Waals surface area contributed by atoms with Crippen molar-refractivity contribution < 1.29 is 34.1 Å². The molecule has 1 atom stereocenters. The molecule has 0 saturated carbocycles. The Morgan fingerprint density at radius 3 is 2.21 bits per heavy atom. The Hall–Kier alpha value is -4.59. The van der Waals surface area contributed by atoms with Crippen LogP contribution in [0.1, 0.15) is 65.3 Å². The number of methoxy groups -OCH3 is 1. The largest absolute Gasteiger partial charge is 0.508 e. The van der Waals surface area contributed by atoms with Crippen LogP contribution in [0, 0.1) is 0 Å². The minimum Gasteiger partial charge on any atom is -0.508 e. The quantitative estimate of drug-likeness (QED) is 0.176. The summed E-state index contributed by atoms with van der Waals surface area (Å²) in [5.74, 6) is -1.54. The van der Waals surface area contributed by atoms with Crippen molar-refractivity contribution in [2.24, 2.45) is 0 Å². The fraction of sp³-hybridized carbons (Fsp3) is 0.258. The number of likely N-dealkylation sites (tertiary alicyclic amines) is 1. The average Bonchev–Trinajstić information content (AvgIpc) is 3.18. The van der Waals surface area contributed by atoms with Crippen LogP contribution in [0.15, 0.2) is 72.3 Å². The van der Waals surface area contributed by atoms with Crippen molar-refractivity contribution in [3.63, 3.8) is 0 Å². The molecule has 1 unspecified atom stereocenters. The summed E-state index contributed by atoms with van der Waals surface area (Å²) in [6, 6.07) is 17.0. The van der Waals surface area contributed by atoms with Gasteiger partial charge in [-0.05, 0) is 72.0 Å². The SMILES string of the molecule is CCOc1ccc(/C(O)=C2/C(=O)C(=O)N(Cc3ccc(C(=O)OC)cc3)C2c2ccc(O)cc2)cc1C(C)C. The van der Waals surface area contributed by atoms with Gasteiger partial charge in [0.1, 0.15) is 17.3 Å². The minimum atomic E-state index is -0.903. The van der Waals surface area contributed by atoms with E-state index in [0.717, 1.165) is 5.56 Å². The van der Waals surface area contributed by atoms with Gasteiger partial charge in [-0.3, -0.25) is 9.59 Å². The molecule has 202 valence electrons. The molecule has 3 aromatic rings. The summed E-state index contributed by atoms with van der Waals surface area (Å²) in [7, 11) is 1.29. The van der Waals surface area contributed by atoms with E-state index in [-0.39, 0.29) is 29.5 Å². The van der Waals surface area contributed by atoms with Gasteiger partial charge in [0.15, 0.2) is 0 Å². The van der Waals surface area contributed by atoms with Crippen molar-refractivity contribution in [2.45, 2.75) is 39.3 Å². The van der Waals surface area contributed by atoms with Crippen molar-refractivity contribution in [3.8, 4) is 11.5 Å². The Bertz CT molecular complexity index is 1420. The van der Waals surface area contributed by atoms with E-state index in [1.54, 1.807) is 54.6 Å². The predicted molar refractivity (Wildman–Crippen MR) is 145 cm³/mol. The van der Waals surface area contributed by atoms with E-state index >= 15 is 0 Å². The highest BCUT2D eigenvalue weighted by molar-refractivity contribution is 6.46. The Kier molecular flexibility index (Phi) is 8.04. The maximum absolute atomic E-state index is 13.4. The molecule has 4 rings (SSSR count). The van der Waals surface area contributed by atoms with E-state index in [9.17, 15) is 24.6 Å². The first kappa shape index (κ1) is 27.4.